The average molecular weight is 462 g/mol. The number of amides is 1. The number of hydrogen-bond donors (Lipinski definition) is 0. The lowest BCUT2D eigenvalue weighted by Gasteiger charge is -2.46. The van der Waals surface area contributed by atoms with Crippen LogP contribution in [0.15, 0.2) is 30.3 Å². The van der Waals surface area contributed by atoms with E-state index in [0.717, 1.165) is 12.0 Å². The SMILES string of the molecule is CCCCOC(=O)[C@@H]1O[C@H](COC(C)=O)[C@@H](OC(C)=O)[C@@H]2CC(=O)N(Cc3ccccc3)N12. The summed E-state index contributed by atoms with van der Waals surface area (Å²) in [6, 6.07) is 8.64. The van der Waals surface area contributed by atoms with Gasteiger partial charge in [-0.15, -0.1) is 0 Å². The number of esters is 3. The second-order valence-corrected chi connectivity index (χ2v) is 8.01. The predicted molar refractivity (Wildman–Crippen MR) is 114 cm³/mol. The summed E-state index contributed by atoms with van der Waals surface area (Å²) in [5.74, 6) is -2.02. The van der Waals surface area contributed by atoms with Crippen molar-refractivity contribution < 1.29 is 38.1 Å². The molecule has 0 bridgehead atoms. The van der Waals surface area contributed by atoms with Gasteiger partial charge in [0.15, 0.2) is 0 Å². The lowest BCUT2D eigenvalue weighted by atomic mass is 10.0. The molecule has 0 saturated carbocycles. The molecule has 1 aromatic rings. The number of carbonyl (C=O) groups excluding carboxylic acids is 4. The van der Waals surface area contributed by atoms with Crippen LogP contribution in [0.1, 0.15) is 45.6 Å². The fourth-order valence-corrected chi connectivity index (χ4v) is 3.96. The molecule has 10 heteroatoms. The molecule has 0 N–H and O–H groups in total. The fourth-order valence-electron chi connectivity index (χ4n) is 3.96. The molecule has 2 aliphatic rings. The van der Waals surface area contributed by atoms with E-state index in [1.807, 2.05) is 37.3 Å². The monoisotopic (exact) mass is 462 g/mol. The van der Waals surface area contributed by atoms with Gasteiger partial charge >= 0.3 is 17.9 Å². The zero-order chi connectivity index (χ0) is 24.0. The second-order valence-electron chi connectivity index (χ2n) is 8.01. The van der Waals surface area contributed by atoms with Gasteiger partial charge in [0, 0.05) is 20.3 Å². The minimum absolute atomic E-state index is 0.00342. The van der Waals surface area contributed by atoms with Crippen molar-refractivity contribution in [2.24, 2.45) is 0 Å². The third-order valence-corrected chi connectivity index (χ3v) is 5.45. The standard InChI is InChI=1S/C23H30N2O8/c1-4-5-11-30-23(29)22-25-18(12-20(28)24(25)13-17-9-7-6-8-10-17)21(32-16(3)27)19(33-22)14-31-15(2)26/h6-10,18-19,21-22H,4-5,11-14H2,1-3H3/t18-,19+,21-,22-/m0/s1. The Kier molecular flexibility index (Phi) is 8.40. The van der Waals surface area contributed by atoms with Crippen LogP contribution in [-0.4, -0.2) is 71.5 Å². The first-order chi connectivity index (χ1) is 15.8. The molecular formula is C23H30N2O8. The van der Waals surface area contributed by atoms with Crippen LogP contribution in [0, 0.1) is 0 Å². The molecule has 180 valence electrons. The molecule has 0 spiro atoms. The summed E-state index contributed by atoms with van der Waals surface area (Å²) in [6.07, 6.45) is -1.59. The molecule has 33 heavy (non-hydrogen) atoms. The number of rotatable bonds is 9. The molecule has 2 aliphatic heterocycles. The molecule has 1 amide bonds. The van der Waals surface area contributed by atoms with Gasteiger partial charge in [0.25, 0.3) is 0 Å². The molecule has 2 saturated heterocycles. The Morgan fingerprint density at radius 3 is 2.45 bits per heavy atom. The summed E-state index contributed by atoms with van der Waals surface area (Å²) in [5, 5.41) is 2.94. The first-order valence-electron chi connectivity index (χ1n) is 11.1. The van der Waals surface area contributed by atoms with Crippen LogP contribution in [-0.2, 0) is 44.7 Å². The summed E-state index contributed by atoms with van der Waals surface area (Å²) in [5.41, 5.74) is 0.857. The van der Waals surface area contributed by atoms with Crippen LogP contribution in [0.4, 0.5) is 0 Å². The van der Waals surface area contributed by atoms with Crippen molar-refractivity contribution in [3.63, 3.8) is 0 Å². The van der Waals surface area contributed by atoms with Crippen molar-refractivity contribution in [3.05, 3.63) is 35.9 Å². The molecule has 0 radical (unpaired) electrons. The van der Waals surface area contributed by atoms with Crippen molar-refractivity contribution >= 4 is 23.8 Å². The molecule has 3 rings (SSSR count). The van der Waals surface area contributed by atoms with Gasteiger partial charge < -0.3 is 18.9 Å². The summed E-state index contributed by atoms with van der Waals surface area (Å²) in [7, 11) is 0. The normalized spacial score (nSPS) is 24.8. The zero-order valence-electron chi connectivity index (χ0n) is 19.1. The summed E-state index contributed by atoms with van der Waals surface area (Å²) < 4.78 is 22.0. The minimum atomic E-state index is -1.26. The number of nitrogens with zero attached hydrogens (tertiary/aromatic N) is 2. The molecule has 2 fully saturated rings. The number of fused-ring (bicyclic) bond motifs is 1. The van der Waals surface area contributed by atoms with Crippen molar-refractivity contribution in [1.29, 1.82) is 0 Å². The maximum absolute atomic E-state index is 13.0. The van der Waals surface area contributed by atoms with Crippen LogP contribution >= 0.6 is 0 Å². The van der Waals surface area contributed by atoms with E-state index in [-0.39, 0.29) is 32.1 Å². The fraction of sp³-hybridized carbons (Fsp3) is 0.565. The van der Waals surface area contributed by atoms with Crippen LogP contribution in [0.2, 0.25) is 0 Å². The number of carbonyl (C=O) groups is 4. The molecule has 0 aliphatic carbocycles. The van der Waals surface area contributed by atoms with Gasteiger partial charge in [-0.25, -0.2) is 4.79 Å². The maximum atomic E-state index is 13.0. The first-order valence-corrected chi connectivity index (χ1v) is 11.1. The van der Waals surface area contributed by atoms with Crippen molar-refractivity contribution in [1.82, 2.24) is 10.0 Å². The maximum Gasteiger partial charge on any atom is 0.352 e. The number of unbranched alkanes of at least 4 members (excludes halogenated alkanes) is 1. The quantitative estimate of drug-likeness (QED) is 0.307. The van der Waals surface area contributed by atoms with Crippen molar-refractivity contribution in [3.8, 4) is 0 Å². The topological polar surface area (TPSA) is 112 Å². The number of benzene rings is 1. The van der Waals surface area contributed by atoms with Gasteiger partial charge in [0.1, 0.15) is 18.8 Å². The number of hydrazine groups is 1. The minimum Gasteiger partial charge on any atom is -0.463 e. The summed E-state index contributed by atoms with van der Waals surface area (Å²) in [6.45, 7) is 4.65. The van der Waals surface area contributed by atoms with Crippen LogP contribution < -0.4 is 0 Å². The Morgan fingerprint density at radius 2 is 1.82 bits per heavy atom. The van der Waals surface area contributed by atoms with Crippen LogP contribution in [0.5, 0.6) is 0 Å². The van der Waals surface area contributed by atoms with Gasteiger partial charge in [-0.3, -0.25) is 19.4 Å². The highest BCUT2D eigenvalue weighted by Crippen LogP contribution is 2.36. The van der Waals surface area contributed by atoms with E-state index in [1.54, 1.807) is 0 Å². The third-order valence-electron chi connectivity index (χ3n) is 5.45. The Labute approximate surface area is 192 Å². The van der Waals surface area contributed by atoms with Crippen LogP contribution in [0.3, 0.4) is 0 Å². The molecule has 10 nitrogen and oxygen atoms in total. The molecule has 1 aromatic carbocycles. The predicted octanol–water partition coefficient (Wildman–Crippen LogP) is 1.57. The van der Waals surface area contributed by atoms with Gasteiger partial charge in [0.05, 0.1) is 19.2 Å². The van der Waals surface area contributed by atoms with Gasteiger partial charge in [0.2, 0.25) is 12.1 Å². The van der Waals surface area contributed by atoms with E-state index in [0.29, 0.717) is 6.42 Å². The number of ether oxygens (including phenoxy) is 4. The average Bonchev–Trinajstić information content (AvgIpc) is 3.09. The highest BCUT2D eigenvalue weighted by atomic mass is 16.6. The molecule has 2 heterocycles. The Hall–Kier alpha value is -2.98. The Balaban J connectivity index is 1.92. The number of hydrogen-bond acceptors (Lipinski definition) is 9. The molecular weight excluding hydrogens is 432 g/mol. The van der Waals surface area contributed by atoms with E-state index >= 15 is 0 Å². The van der Waals surface area contributed by atoms with E-state index in [4.69, 9.17) is 18.9 Å². The molecule has 4 atom stereocenters. The van der Waals surface area contributed by atoms with Crippen molar-refractivity contribution in [2.45, 2.75) is 71.1 Å². The van der Waals surface area contributed by atoms with E-state index < -0.39 is 42.4 Å². The Morgan fingerprint density at radius 1 is 1.09 bits per heavy atom. The van der Waals surface area contributed by atoms with Crippen LogP contribution in [0.25, 0.3) is 0 Å². The van der Waals surface area contributed by atoms with E-state index in [2.05, 4.69) is 0 Å². The lowest BCUT2D eigenvalue weighted by Crippen LogP contribution is -2.65. The van der Waals surface area contributed by atoms with Crippen molar-refractivity contribution in [2.75, 3.05) is 13.2 Å². The van der Waals surface area contributed by atoms with Gasteiger partial charge in [-0.2, -0.15) is 5.01 Å². The first kappa shape index (κ1) is 24.7. The third kappa shape index (κ3) is 6.08. The smallest absolute Gasteiger partial charge is 0.352 e. The summed E-state index contributed by atoms with van der Waals surface area (Å²) >= 11 is 0. The lowest BCUT2D eigenvalue weighted by molar-refractivity contribution is -0.267. The second kappa shape index (κ2) is 11.2. The van der Waals surface area contributed by atoms with Gasteiger partial charge in [-0.1, -0.05) is 43.7 Å². The van der Waals surface area contributed by atoms with Gasteiger partial charge in [-0.05, 0) is 12.0 Å². The summed E-state index contributed by atoms with van der Waals surface area (Å²) in [4.78, 5) is 49.2. The van der Waals surface area contributed by atoms with E-state index in [1.165, 1.54) is 23.9 Å². The highest BCUT2D eigenvalue weighted by Gasteiger charge is 2.56. The highest BCUT2D eigenvalue weighted by molar-refractivity contribution is 5.81. The van der Waals surface area contributed by atoms with E-state index in [9.17, 15) is 19.2 Å². The molecule has 0 unspecified atom stereocenters. The molecule has 0 aromatic heterocycles. The Bertz CT molecular complexity index is 861. The largest absolute Gasteiger partial charge is 0.463 e. The zero-order valence-corrected chi connectivity index (χ0v) is 19.1.